The van der Waals surface area contributed by atoms with E-state index < -0.39 is 0 Å². The zero-order valence-electron chi connectivity index (χ0n) is 65.0. The Morgan fingerprint density at radius 3 is 0.770 bits per heavy atom. The molecule has 11 aromatic heterocycles. The van der Waals surface area contributed by atoms with E-state index in [4.69, 9.17) is 32.6 Å². The van der Waals surface area contributed by atoms with Gasteiger partial charge in [0.1, 0.15) is 44.7 Å². The van der Waals surface area contributed by atoms with Crippen molar-refractivity contribution in [2.24, 2.45) is 0 Å². The average Bonchev–Trinajstić information content (AvgIpc) is 1.62. The lowest BCUT2D eigenvalue weighted by atomic mass is 9.97. The predicted octanol–water partition coefficient (Wildman–Crippen LogP) is 33.7. The molecule has 0 saturated heterocycles. The van der Waals surface area contributed by atoms with Crippen molar-refractivity contribution in [3.05, 3.63) is 382 Å². The number of benzene rings is 16. The van der Waals surface area contributed by atoms with Crippen molar-refractivity contribution in [1.82, 2.24) is 15.0 Å². The third-order valence-electron chi connectivity index (χ3n) is 24.0. The zero-order valence-corrected chi connectivity index (χ0v) is 68.2. The van der Waals surface area contributed by atoms with Crippen LogP contribution in [0.15, 0.2) is 400 Å². The number of para-hydroxylation sites is 8. The van der Waals surface area contributed by atoms with E-state index >= 15 is 0 Å². The summed E-state index contributed by atoms with van der Waals surface area (Å²) in [7, 11) is 0. The minimum atomic E-state index is 0.813. The van der Waals surface area contributed by atoms with Crippen LogP contribution in [-0.4, -0.2) is 15.0 Å². The molecular weight excluding hydrogens is 1570 g/mol. The van der Waals surface area contributed by atoms with Crippen molar-refractivity contribution in [2.45, 2.75) is 0 Å². The number of thiophene rings is 4. The number of nitrogens with zero attached hydrogens (tertiary/aromatic N) is 3. The van der Waals surface area contributed by atoms with Gasteiger partial charge in [-0.05, 0) is 131 Å². The van der Waals surface area contributed by atoms with Gasteiger partial charge >= 0.3 is 0 Å². The van der Waals surface area contributed by atoms with Crippen LogP contribution in [0.4, 0.5) is 0 Å². The SMILES string of the molecule is c1ccc2c(c1)oc1c(-c3cc(-c4cccc5c4oc4ccccc45)nc(-c4cccc5c4oc4ccccc45)c3)cccc12.c1ccc2c(c1)oc1c(-c3cc(-c4cccc5c4sc4ccccc45)ccn3)cccc12.c1ccc2c(c1)sc1c(-c3cc(-c4cccc5c4sc4ccccc45)nc(-c4cccc5c4sc4ccccc45)c3)cccc12. The summed E-state index contributed by atoms with van der Waals surface area (Å²) < 4.78 is 36.1. The minimum absolute atomic E-state index is 0.813. The predicted molar refractivity (Wildman–Crippen MR) is 517 cm³/mol. The highest BCUT2D eigenvalue weighted by Gasteiger charge is 2.25. The largest absolute Gasteiger partial charge is 0.455 e. The molecule has 0 fully saturated rings. The van der Waals surface area contributed by atoms with Crippen molar-refractivity contribution in [3.8, 4) is 89.7 Å². The zero-order chi connectivity index (χ0) is 80.0. The lowest BCUT2D eigenvalue weighted by Crippen LogP contribution is -1.92. The molecule has 16 aromatic carbocycles. The first-order valence-corrected chi connectivity index (χ1v) is 44.0. The van der Waals surface area contributed by atoms with E-state index in [0.29, 0.717) is 0 Å². The molecule has 27 rings (SSSR count). The molecule has 0 amide bonds. The second kappa shape index (κ2) is 28.4. The first-order valence-electron chi connectivity index (χ1n) is 40.7. The van der Waals surface area contributed by atoms with Crippen LogP contribution in [-0.2, 0) is 0 Å². The number of furan rings is 4. The summed E-state index contributed by atoms with van der Waals surface area (Å²) in [5, 5.41) is 19.2. The minimum Gasteiger partial charge on any atom is -0.455 e. The van der Waals surface area contributed by atoms with Crippen LogP contribution in [0.3, 0.4) is 0 Å². The van der Waals surface area contributed by atoms with Crippen LogP contribution in [0.2, 0.25) is 0 Å². The molecule has 0 atom stereocenters. The molecule has 27 aromatic rings. The van der Waals surface area contributed by atoms with E-state index in [1.807, 2.05) is 112 Å². The normalized spacial score (nSPS) is 11.9. The summed E-state index contributed by atoms with van der Waals surface area (Å²) in [4.78, 5) is 15.5. The maximum Gasteiger partial charge on any atom is 0.144 e. The van der Waals surface area contributed by atoms with Crippen molar-refractivity contribution in [3.63, 3.8) is 0 Å². The number of pyridine rings is 3. The number of rotatable bonds is 8. The quantitative estimate of drug-likeness (QED) is 0.150. The maximum absolute atomic E-state index is 6.49. The molecule has 0 aliphatic carbocycles. The lowest BCUT2D eigenvalue weighted by Gasteiger charge is -2.12. The monoisotopic (exact) mass is 1630 g/mol. The van der Waals surface area contributed by atoms with Gasteiger partial charge in [-0.25, -0.2) is 9.97 Å². The van der Waals surface area contributed by atoms with Crippen LogP contribution in [0.5, 0.6) is 0 Å². The highest BCUT2D eigenvalue weighted by molar-refractivity contribution is 7.27. The summed E-state index contributed by atoms with van der Waals surface area (Å²) in [6, 6.07) is 133. The fourth-order valence-electron chi connectivity index (χ4n) is 18.3. The van der Waals surface area contributed by atoms with Crippen molar-refractivity contribution in [1.29, 1.82) is 0 Å². The molecule has 0 aliphatic rings. The Hall–Kier alpha value is -15.0. The second-order valence-corrected chi connectivity index (χ2v) is 35.1. The lowest BCUT2D eigenvalue weighted by molar-refractivity contribution is 0.669. The highest BCUT2D eigenvalue weighted by Crippen LogP contribution is 2.50. The summed E-state index contributed by atoms with van der Waals surface area (Å²) in [6.07, 6.45) is 1.90. The Balaban J connectivity index is 0.000000102. The molecule has 11 heteroatoms. The number of fused-ring (bicyclic) bond motifs is 24. The average molecular weight is 1630 g/mol. The van der Waals surface area contributed by atoms with Gasteiger partial charge in [0.05, 0.1) is 28.5 Å². The van der Waals surface area contributed by atoms with Crippen LogP contribution in [0.25, 0.3) is 258 Å². The van der Waals surface area contributed by atoms with Gasteiger partial charge in [-0.3, -0.25) is 4.98 Å². The Morgan fingerprint density at radius 1 is 0.172 bits per heavy atom. The van der Waals surface area contributed by atoms with E-state index in [9.17, 15) is 0 Å². The summed E-state index contributed by atoms with van der Waals surface area (Å²) in [5.74, 6) is 0. The molecule has 7 nitrogen and oxygen atoms in total. The molecule has 0 spiro atoms. The van der Waals surface area contributed by atoms with Crippen molar-refractivity contribution < 1.29 is 17.7 Å². The van der Waals surface area contributed by atoms with Gasteiger partial charge in [0, 0.05) is 163 Å². The third kappa shape index (κ3) is 11.5. The van der Waals surface area contributed by atoms with E-state index in [0.717, 1.165) is 144 Å². The fraction of sp³-hybridized carbons (Fsp3) is 0. The van der Waals surface area contributed by atoms with E-state index in [2.05, 4.69) is 315 Å². The third-order valence-corrected chi connectivity index (χ3v) is 28.8. The smallest absolute Gasteiger partial charge is 0.144 e. The topological polar surface area (TPSA) is 91.2 Å². The molecule has 0 radical (unpaired) electrons. The van der Waals surface area contributed by atoms with Gasteiger partial charge in [-0.1, -0.05) is 273 Å². The second-order valence-electron chi connectivity index (χ2n) is 30.9. The Labute approximate surface area is 712 Å². The molecule has 0 bridgehead atoms. The van der Waals surface area contributed by atoms with Crippen LogP contribution in [0.1, 0.15) is 0 Å². The summed E-state index contributed by atoms with van der Waals surface area (Å²) in [5.41, 5.74) is 23.5. The number of aromatic nitrogens is 3. The van der Waals surface area contributed by atoms with E-state index in [1.165, 1.54) is 114 Å². The molecular formula is C111H63N3O4S4. The van der Waals surface area contributed by atoms with Gasteiger partial charge in [0.25, 0.3) is 0 Å². The van der Waals surface area contributed by atoms with Crippen LogP contribution < -0.4 is 0 Å². The van der Waals surface area contributed by atoms with Gasteiger partial charge in [0.15, 0.2) is 0 Å². The molecule has 11 heterocycles. The number of hydrogen-bond acceptors (Lipinski definition) is 11. The summed E-state index contributed by atoms with van der Waals surface area (Å²) in [6.45, 7) is 0. The first kappa shape index (κ1) is 70.1. The standard InChI is InChI=1S/C41H23NO3.C41H23NS3.C29H17NOS/c2*1-4-19-36-26(10-1)29-14-7-13-25(39(29)43-36)24-22-34(32-17-8-15-30-27-11-2-5-20-37(27)44-40(30)32)42-35(23-24)33-18-9-16-31-28-12-3-6-21-38(28)45-41(31)33;1-3-13-26-20(7-1)22-10-6-12-24(28(22)31-26)25-17-18(15-16-30-25)19-9-5-11-23-21-8-2-4-14-27(21)32-29(19)23/h2*1-23H;1-17H. The Kier molecular flexibility index (Phi) is 16.3. The molecule has 0 aliphatic heterocycles. The maximum atomic E-state index is 6.49. The van der Waals surface area contributed by atoms with Gasteiger partial charge in [-0.2, -0.15) is 0 Å². The highest BCUT2D eigenvalue weighted by atomic mass is 32.1. The molecule has 122 heavy (non-hydrogen) atoms. The Bertz CT molecular complexity index is 7830. The van der Waals surface area contributed by atoms with Gasteiger partial charge in [0.2, 0.25) is 0 Å². The van der Waals surface area contributed by atoms with E-state index in [1.54, 1.807) is 0 Å². The van der Waals surface area contributed by atoms with Gasteiger partial charge in [-0.15, -0.1) is 45.3 Å². The fourth-order valence-corrected chi connectivity index (χ4v) is 23.3. The number of hydrogen-bond donors (Lipinski definition) is 0. The Morgan fingerprint density at radius 2 is 0.410 bits per heavy atom. The molecule has 0 N–H and O–H groups in total. The van der Waals surface area contributed by atoms with Crippen LogP contribution in [0, 0.1) is 0 Å². The molecule has 570 valence electrons. The van der Waals surface area contributed by atoms with Crippen molar-refractivity contribution >= 4 is 214 Å². The first-order chi connectivity index (χ1) is 60.5. The van der Waals surface area contributed by atoms with E-state index in [-0.39, 0.29) is 0 Å². The van der Waals surface area contributed by atoms with Gasteiger partial charge < -0.3 is 17.7 Å². The van der Waals surface area contributed by atoms with Crippen molar-refractivity contribution in [2.75, 3.05) is 0 Å². The van der Waals surface area contributed by atoms with Crippen LogP contribution >= 0.6 is 45.3 Å². The molecule has 0 saturated carbocycles. The summed E-state index contributed by atoms with van der Waals surface area (Å²) >= 11 is 7.46. The molecule has 0 unspecified atom stereocenters.